The Balaban J connectivity index is 2.24. The van der Waals surface area contributed by atoms with Crippen LogP contribution in [0.5, 0.6) is 0 Å². The van der Waals surface area contributed by atoms with Gasteiger partial charge in [0.2, 0.25) is 0 Å². The predicted octanol–water partition coefficient (Wildman–Crippen LogP) is 3.87. The van der Waals surface area contributed by atoms with E-state index >= 15 is 0 Å². The van der Waals surface area contributed by atoms with E-state index in [1.807, 2.05) is 0 Å². The zero-order valence-electron chi connectivity index (χ0n) is 11.4. The third kappa shape index (κ3) is 3.10. The molecule has 0 radical (unpaired) electrons. The lowest BCUT2D eigenvalue weighted by atomic mass is 9.92. The molecule has 1 aromatic carbocycles. The summed E-state index contributed by atoms with van der Waals surface area (Å²) >= 11 is 0. The van der Waals surface area contributed by atoms with E-state index in [2.05, 4.69) is 44.4 Å². The second-order valence-corrected chi connectivity index (χ2v) is 5.26. The Morgan fingerprint density at radius 1 is 1.24 bits per heavy atom. The van der Waals surface area contributed by atoms with Gasteiger partial charge in [0.25, 0.3) is 0 Å². The molecule has 0 spiro atoms. The van der Waals surface area contributed by atoms with E-state index in [0.29, 0.717) is 6.04 Å². The van der Waals surface area contributed by atoms with E-state index in [0.717, 1.165) is 18.8 Å². The number of hydrogen-bond acceptors (Lipinski definition) is 1. The maximum atomic E-state index is 3.52. The van der Waals surface area contributed by atoms with E-state index in [9.17, 15) is 0 Å². The molecule has 1 N–H and O–H groups in total. The van der Waals surface area contributed by atoms with Crippen molar-refractivity contribution >= 4 is 0 Å². The van der Waals surface area contributed by atoms with E-state index in [4.69, 9.17) is 0 Å². The van der Waals surface area contributed by atoms with Gasteiger partial charge in [0.15, 0.2) is 0 Å². The minimum atomic E-state index is 0.559. The molecule has 94 valence electrons. The van der Waals surface area contributed by atoms with Crippen LogP contribution < -0.4 is 5.32 Å². The van der Waals surface area contributed by atoms with Crippen molar-refractivity contribution in [3.8, 4) is 0 Å². The first-order chi connectivity index (χ1) is 8.28. The van der Waals surface area contributed by atoms with Gasteiger partial charge in [0.1, 0.15) is 0 Å². The van der Waals surface area contributed by atoms with Crippen LogP contribution in [0, 0.1) is 5.92 Å². The molecule has 17 heavy (non-hydrogen) atoms. The minimum absolute atomic E-state index is 0.559. The summed E-state index contributed by atoms with van der Waals surface area (Å²) in [5.41, 5.74) is 4.52. The highest BCUT2D eigenvalue weighted by atomic mass is 14.9. The lowest BCUT2D eigenvalue weighted by Crippen LogP contribution is -2.18. The van der Waals surface area contributed by atoms with E-state index in [1.165, 1.54) is 30.4 Å². The van der Waals surface area contributed by atoms with E-state index in [-0.39, 0.29) is 0 Å². The Hall–Kier alpha value is -0.820. The van der Waals surface area contributed by atoms with E-state index < -0.39 is 0 Å². The molecule has 0 aliphatic heterocycles. The van der Waals surface area contributed by atoms with Crippen LogP contribution in [-0.4, -0.2) is 7.05 Å². The van der Waals surface area contributed by atoms with Crippen LogP contribution in [0.2, 0.25) is 0 Å². The largest absolute Gasteiger partial charge is 0.313 e. The predicted molar refractivity (Wildman–Crippen MR) is 74.3 cm³/mol. The Bertz CT molecular complexity index is 366. The first-order valence-electron chi connectivity index (χ1n) is 7.07. The normalized spacial score (nSPS) is 17.1. The first-order valence-corrected chi connectivity index (χ1v) is 7.07. The van der Waals surface area contributed by atoms with Crippen molar-refractivity contribution in [1.82, 2.24) is 5.32 Å². The fourth-order valence-electron chi connectivity index (χ4n) is 2.60. The number of nitrogens with one attached hydrogen (secondary N) is 1. The van der Waals surface area contributed by atoms with Crippen molar-refractivity contribution in [3.05, 3.63) is 34.9 Å². The van der Waals surface area contributed by atoms with Crippen molar-refractivity contribution in [2.45, 2.75) is 52.0 Å². The molecule has 1 aromatic rings. The molecule has 1 unspecified atom stereocenters. The summed E-state index contributed by atoms with van der Waals surface area (Å²) in [6.07, 6.45) is 6.47. The van der Waals surface area contributed by atoms with Crippen molar-refractivity contribution in [3.63, 3.8) is 0 Å². The average molecular weight is 231 g/mol. The van der Waals surface area contributed by atoms with Gasteiger partial charge in [-0.2, -0.15) is 0 Å². The summed E-state index contributed by atoms with van der Waals surface area (Å²) in [5, 5.41) is 3.52. The standard InChI is InChI=1S/C16H25N/c1-4-12-8-9-14(5-2)15(10-12)16(17-3)11-13-6-7-13/h8-10,13,16-17H,4-7,11H2,1-3H3. The fourth-order valence-corrected chi connectivity index (χ4v) is 2.60. The maximum absolute atomic E-state index is 3.52. The lowest BCUT2D eigenvalue weighted by molar-refractivity contribution is 0.511. The molecule has 2 rings (SSSR count). The smallest absolute Gasteiger partial charge is 0.0323 e. The molecule has 0 saturated heterocycles. The van der Waals surface area contributed by atoms with Gasteiger partial charge < -0.3 is 5.32 Å². The molecule has 0 heterocycles. The summed E-state index contributed by atoms with van der Waals surface area (Å²) in [6.45, 7) is 4.49. The van der Waals surface area contributed by atoms with Gasteiger partial charge in [0.05, 0.1) is 0 Å². The lowest BCUT2D eigenvalue weighted by Gasteiger charge is -2.20. The average Bonchev–Trinajstić information content (AvgIpc) is 3.19. The molecule has 1 aliphatic carbocycles. The molecule has 1 heteroatoms. The Kier molecular flexibility index (Phi) is 4.22. The minimum Gasteiger partial charge on any atom is -0.313 e. The van der Waals surface area contributed by atoms with Gasteiger partial charge in [-0.3, -0.25) is 0 Å². The van der Waals surface area contributed by atoms with Crippen LogP contribution in [0.15, 0.2) is 18.2 Å². The quantitative estimate of drug-likeness (QED) is 0.783. The third-order valence-electron chi connectivity index (χ3n) is 3.99. The number of rotatable bonds is 6. The van der Waals surface area contributed by atoms with Crippen LogP contribution in [0.4, 0.5) is 0 Å². The van der Waals surface area contributed by atoms with Crippen LogP contribution >= 0.6 is 0 Å². The van der Waals surface area contributed by atoms with Crippen LogP contribution in [0.1, 0.15) is 55.8 Å². The zero-order chi connectivity index (χ0) is 12.3. The molecule has 1 atom stereocenters. The maximum Gasteiger partial charge on any atom is 0.0323 e. The molecular formula is C16H25N. The van der Waals surface area contributed by atoms with Gasteiger partial charge in [-0.05, 0) is 48.9 Å². The van der Waals surface area contributed by atoms with Gasteiger partial charge in [-0.1, -0.05) is 44.9 Å². The highest BCUT2D eigenvalue weighted by Gasteiger charge is 2.26. The van der Waals surface area contributed by atoms with Gasteiger partial charge >= 0.3 is 0 Å². The first kappa shape index (κ1) is 12.6. The molecular weight excluding hydrogens is 206 g/mol. The summed E-state index contributed by atoms with van der Waals surface area (Å²) in [7, 11) is 2.10. The summed E-state index contributed by atoms with van der Waals surface area (Å²) < 4.78 is 0. The second-order valence-electron chi connectivity index (χ2n) is 5.26. The van der Waals surface area contributed by atoms with Gasteiger partial charge in [0, 0.05) is 6.04 Å². The molecule has 1 nitrogen and oxygen atoms in total. The summed E-state index contributed by atoms with van der Waals surface area (Å²) in [4.78, 5) is 0. The van der Waals surface area contributed by atoms with Gasteiger partial charge in [-0.25, -0.2) is 0 Å². The van der Waals surface area contributed by atoms with Crippen molar-refractivity contribution in [2.75, 3.05) is 7.05 Å². The van der Waals surface area contributed by atoms with Crippen LogP contribution in [0.3, 0.4) is 0 Å². The Morgan fingerprint density at radius 3 is 2.53 bits per heavy atom. The Labute approximate surface area is 106 Å². The monoisotopic (exact) mass is 231 g/mol. The van der Waals surface area contributed by atoms with Crippen molar-refractivity contribution in [1.29, 1.82) is 0 Å². The third-order valence-corrected chi connectivity index (χ3v) is 3.99. The number of benzene rings is 1. The number of aryl methyl sites for hydroxylation is 2. The number of hydrogen-bond donors (Lipinski definition) is 1. The summed E-state index contributed by atoms with van der Waals surface area (Å²) in [5.74, 6) is 0.974. The SMILES string of the molecule is CCc1ccc(CC)c(C(CC2CC2)NC)c1. The molecule has 1 saturated carbocycles. The van der Waals surface area contributed by atoms with Crippen LogP contribution in [0.25, 0.3) is 0 Å². The summed E-state index contributed by atoms with van der Waals surface area (Å²) in [6, 6.07) is 7.59. The van der Waals surface area contributed by atoms with Crippen LogP contribution in [-0.2, 0) is 12.8 Å². The zero-order valence-corrected chi connectivity index (χ0v) is 11.4. The molecule has 0 amide bonds. The fraction of sp³-hybridized carbons (Fsp3) is 0.625. The van der Waals surface area contributed by atoms with Gasteiger partial charge in [-0.15, -0.1) is 0 Å². The van der Waals surface area contributed by atoms with Crippen molar-refractivity contribution < 1.29 is 0 Å². The molecule has 1 fully saturated rings. The highest BCUT2D eigenvalue weighted by Crippen LogP contribution is 2.38. The molecule has 1 aliphatic rings. The molecule has 0 aromatic heterocycles. The van der Waals surface area contributed by atoms with Crippen molar-refractivity contribution in [2.24, 2.45) is 5.92 Å². The Morgan fingerprint density at radius 2 is 2.00 bits per heavy atom. The molecule has 0 bridgehead atoms. The second kappa shape index (κ2) is 5.68. The van der Waals surface area contributed by atoms with E-state index in [1.54, 1.807) is 5.56 Å². The highest BCUT2D eigenvalue weighted by molar-refractivity contribution is 5.34. The topological polar surface area (TPSA) is 12.0 Å².